The molecule has 0 atom stereocenters. The van der Waals surface area contributed by atoms with Crippen molar-refractivity contribution in [3.63, 3.8) is 0 Å². The summed E-state index contributed by atoms with van der Waals surface area (Å²) in [5.74, 6) is -13.2. The first-order valence-electron chi connectivity index (χ1n) is 4.77. The van der Waals surface area contributed by atoms with Crippen molar-refractivity contribution in [2.45, 2.75) is 17.8 Å². The highest BCUT2D eigenvalue weighted by Gasteiger charge is 2.74. The number of alkyl halides is 4. The first kappa shape index (κ1) is 18.1. The molecule has 0 aromatic carbocycles. The van der Waals surface area contributed by atoms with Crippen molar-refractivity contribution < 1.29 is 46.8 Å². The first-order valence-corrected chi connectivity index (χ1v) is 4.77. The van der Waals surface area contributed by atoms with Gasteiger partial charge in [-0.15, -0.1) is 0 Å². The fraction of sp³-hybridized carbons (Fsp3) is 0.400. The molecular formula is C10H10F4O6. The SMILES string of the molecule is C=CC(=O)OC(CO)(OC(=O)C=C)C(F)(F)C(O)(F)F. The number of rotatable bonds is 7. The van der Waals surface area contributed by atoms with E-state index in [1.165, 1.54) is 0 Å². The third kappa shape index (κ3) is 3.33. The summed E-state index contributed by atoms with van der Waals surface area (Å²) in [4.78, 5) is 21.8. The number of hydrogen-bond acceptors (Lipinski definition) is 6. The maximum Gasteiger partial charge on any atom is 0.425 e. The number of aliphatic hydroxyl groups is 2. The van der Waals surface area contributed by atoms with Crippen LogP contribution >= 0.6 is 0 Å². The second-order valence-corrected chi connectivity index (χ2v) is 3.28. The third-order valence-electron chi connectivity index (χ3n) is 1.93. The zero-order chi connectivity index (χ0) is 16.2. The van der Waals surface area contributed by atoms with Crippen molar-refractivity contribution in [2.75, 3.05) is 6.61 Å². The maximum atomic E-state index is 13.5. The summed E-state index contributed by atoms with van der Waals surface area (Å²) in [6.07, 6.45) is -5.19. The molecule has 0 saturated heterocycles. The molecule has 2 N–H and O–H groups in total. The minimum Gasteiger partial charge on any atom is -0.410 e. The molecule has 0 aromatic rings. The van der Waals surface area contributed by atoms with Gasteiger partial charge in [-0.2, -0.15) is 17.6 Å². The summed E-state index contributed by atoms with van der Waals surface area (Å²) in [5.41, 5.74) is 0. The second kappa shape index (κ2) is 6.01. The Bertz CT molecular complexity index is 392. The minimum atomic E-state index is -5.77. The van der Waals surface area contributed by atoms with E-state index in [-0.39, 0.29) is 12.2 Å². The van der Waals surface area contributed by atoms with E-state index in [9.17, 15) is 27.2 Å². The van der Waals surface area contributed by atoms with Gasteiger partial charge in [-0.25, -0.2) is 9.59 Å². The zero-order valence-electron chi connectivity index (χ0n) is 9.82. The van der Waals surface area contributed by atoms with E-state index in [2.05, 4.69) is 22.6 Å². The van der Waals surface area contributed by atoms with Crippen molar-refractivity contribution in [3.8, 4) is 0 Å². The lowest BCUT2D eigenvalue weighted by atomic mass is 10.1. The maximum absolute atomic E-state index is 13.5. The summed E-state index contributed by atoms with van der Waals surface area (Å²) >= 11 is 0. The molecule has 10 heteroatoms. The molecule has 0 saturated carbocycles. The van der Waals surface area contributed by atoms with Crippen LogP contribution in [0.25, 0.3) is 0 Å². The summed E-state index contributed by atoms with van der Waals surface area (Å²) in [7, 11) is 0. The number of ether oxygens (including phenoxy) is 2. The van der Waals surface area contributed by atoms with Crippen molar-refractivity contribution >= 4 is 11.9 Å². The van der Waals surface area contributed by atoms with Gasteiger partial charge in [0, 0.05) is 12.2 Å². The summed E-state index contributed by atoms with van der Waals surface area (Å²) in [5, 5.41) is 17.0. The van der Waals surface area contributed by atoms with Gasteiger partial charge in [0.15, 0.2) is 0 Å². The van der Waals surface area contributed by atoms with Gasteiger partial charge in [0.2, 0.25) is 0 Å². The average molecular weight is 302 g/mol. The molecule has 0 spiro atoms. The Balaban J connectivity index is 5.86. The predicted molar refractivity (Wildman–Crippen MR) is 54.5 cm³/mol. The number of carbonyl (C=O) groups excluding carboxylic acids is 2. The van der Waals surface area contributed by atoms with Crippen LogP contribution in [0.1, 0.15) is 0 Å². The van der Waals surface area contributed by atoms with Crippen LogP contribution in [-0.4, -0.2) is 46.6 Å². The summed E-state index contributed by atoms with van der Waals surface area (Å²) < 4.78 is 59.6. The highest BCUT2D eigenvalue weighted by Crippen LogP contribution is 2.43. The Hall–Kier alpha value is -1.94. The van der Waals surface area contributed by atoms with Crippen LogP contribution < -0.4 is 0 Å². The van der Waals surface area contributed by atoms with Gasteiger partial charge in [0.25, 0.3) is 0 Å². The van der Waals surface area contributed by atoms with E-state index < -0.39 is 36.4 Å². The van der Waals surface area contributed by atoms with Gasteiger partial charge in [0.05, 0.1) is 0 Å². The summed E-state index contributed by atoms with van der Waals surface area (Å²) in [6.45, 7) is 3.56. The van der Waals surface area contributed by atoms with Crippen LogP contribution in [0.5, 0.6) is 0 Å². The minimum absolute atomic E-state index is 0.289. The van der Waals surface area contributed by atoms with Crippen molar-refractivity contribution in [2.24, 2.45) is 0 Å². The van der Waals surface area contributed by atoms with Gasteiger partial charge in [-0.3, -0.25) is 0 Å². The normalized spacial score (nSPS) is 12.5. The zero-order valence-corrected chi connectivity index (χ0v) is 9.82. The molecule has 0 unspecified atom stereocenters. The van der Waals surface area contributed by atoms with Crippen molar-refractivity contribution in [3.05, 3.63) is 25.3 Å². The highest BCUT2D eigenvalue weighted by atomic mass is 19.3. The molecular weight excluding hydrogens is 292 g/mol. The van der Waals surface area contributed by atoms with Crippen molar-refractivity contribution in [1.82, 2.24) is 0 Å². The molecule has 0 bridgehead atoms. The Morgan fingerprint density at radius 3 is 1.60 bits per heavy atom. The number of hydrogen-bond donors (Lipinski definition) is 2. The van der Waals surface area contributed by atoms with Crippen molar-refractivity contribution in [1.29, 1.82) is 0 Å². The Kier molecular flexibility index (Phi) is 5.43. The number of esters is 2. The third-order valence-corrected chi connectivity index (χ3v) is 1.93. The van der Waals surface area contributed by atoms with E-state index in [1.807, 2.05) is 0 Å². The lowest BCUT2D eigenvalue weighted by Crippen LogP contribution is -2.64. The quantitative estimate of drug-likeness (QED) is 0.305. The lowest BCUT2D eigenvalue weighted by Gasteiger charge is -2.37. The van der Waals surface area contributed by atoms with Crippen LogP contribution in [0.3, 0.4) is 0 Å². The molecule has 0 aromatic heterocycles. The Morgan fingerprint density at radius 1 is 1.05 bits per heavy atom. The van der Waals surface area contributed by atoms with Crippen LogP contribution in [-0.2, 0) is 19.1 Å². The Morgan fingerprint density at radius 2 is 1.40 bits per heavy atom. The van der Waals surface area contributed by atoms with Gasteiger partial charge >= 0.3 is 29.8 Å². The molecule has 0 radical (unpaired) electrons. The fourth-order valence-electron chi connectivity index (χ4n) is 0.950. The molecule has 0 heterocycles. The first-order chi connectivity index (χ1) is 8.97. The molecule has 0 amide bonds. The largest absolute Gasteiger partial charge is 0.425 e. The Labute approximate surface area is 109 Å². The number of halogens is 4. The van der Waals surface area contributed by atoms with Crippen LogP contribution in [0.2, 0.25) is 0 Å². The van der Waals surface area contributed by atoms with Crippen LogP contribution in [0, 0.1) is 0 Å². The lowest BCUT2D eigenvalue weighted by molar-refractivity contribution is -0.419. The van der Waals surface area contributed by atoms with E-state index in [4.69, 9.17) is 10.2 Å². The standard InChI is InChI=1S/C10H10F4O6/c1-3-6(16)19-8(5-15,20-7(17)4-2)9(11,12)10(13,14)18/h3-4,15,18H,1-2,5H2. The second-order valence-electron chi connectivity index (χ2n) is 3.28. The van der Waals surface area contributed by atoms with Gasteiger partial charge < -0.3 is 19.7 Å². The molecule has 0 rings (SSSR count). The number of aliphatic hydroxyl groups excluding tert-OH is 1. The highest BCUT2D eigenvalue weighted by molar-refractivity contribution is 5.83. The molecule has 20 heavy (non-hydrogen) atoms. The fourth-order valence-corrected chi connectivity index (χ4v) is 0.950. The van der Waals surface area contributed by atoms with E-state index in [0.29, 0.717) is 0 Å². The molecule has 0 aliphatic carbocycles. The average Bonchev–Trinajstić information content (AvgIpc) is 2.35. The number of carbonyl (C=O) groups is 2. The van der Waals surface area contributed by atoms with E-state index in [1.54, 1.807) is 0 Å². The van der Waals surface area contributed by atoms with Crippen LogP contribution in [0.4, 0.5) is 17.6 Å². The van der Waals surface area contributed by atoms with E-state index in [0.717, 1.165) is 0 Å². The predicted octanol–water partition coefficient (Wildman–Crippen LogP) is 0.354. The van der Waals surface area contributed by atoms with Gasteiger partial charge in [-0.05, 0) is 0 Å². The monoisotopic (exact) mass is 302 g/mol. The molecule has 0 aliphatic heterocycles. The van der Waals surface area contributed by atoms with Crippen LogP contribution in [0.15, 0.2) is 25.3 Å². The smallest absolute Gasteiger partial charge is 0.410 e. The topological polar surface area (TPSA) is 93.1 Å². The molecule has 0 aliphatic rings. The summed E-state index contributed by atoms with van der Waals surface area (Å²) in [6, 6.07) is 0. The van der Waals surface area contributed by atoms with E-state index >= 15 is 0 Å². The molecule has 6 nitrogen and oxygen atoms in total. The van der Waals surface area contributed by atoms with Gasteiger partial charge in [-0.1, -0.05) is 13.2 Å². The molecule has 114 valence electrons. The molecule has 0 fully saturated rings. The van der Waals surface area contributed by atoms with Gasteiger partial charge in [0.1, 0.15) is 6.61 Å².